The fourth-order valence-corrected chi connectivity index (χ4v) is 5.63. The molecule has 3 aromatic carbocycles. The number of hydrogen-bond donors (Lipinski definition) is 2. The molecule has 8 nitrogen and oxygen atoms in total. The molecule has 8 heteroatoms. The van der Waals surface area contributed by atoms with Crippen molar-refractivity contribution in [3.05, 3.63) is 60.7 Å². The Balaban J connectivity index is 1.67. The lowest BCUT2D eigenvalue weighted by molar-refractivity contribution is 0.276. The second-order valence-electron chi connectivity index (χ2n) is 11.7. The number of nitrogens with zero attached hydrogens (tertiary/aromatic N) is 3. The molecular formula is C38H49N3O5. The normalized spacial score (nSPS) is 11.3. The number of aromatic nitrogens is 3. The van der Waals surface area contributed by atoms with Gasteiger partial charge in [0.25, 0.3) is 0 Å². The lowest BCUT2D eigenvalue weighted by atomic mass is 9.98. The number of ether oxygens (including phenoxy) is 3. The van der Waals surface area contributed by atoms with Crippen LogP contribution >= 0.6 is 0 Å². The smallest absolute Gasteiger partial charge is 0.168 e. The average molecular weight is 628 g/mol. The highest BCUT2D eigenvalue weighted by atomic mass is 16.5. The molecule has 4 rings (SSSR count). The van der Waals surface area contributed by atoms with E-state index in [2.05, 4.69) is 27.7 Å². The Morgan fingerprint density at radius 2 is 1.02 bits per heavy atom. The van der Waals surface area contributed by atoms with E-state index < -0.39 is 0 Å². The third kappa shape index (κ3) is 8.89. The summed E-state index contributed by atoms with van der Waals surface area (Å²) in [7, 11) is 1.61. The Bertz CT molecular complexity index is 1430. The van der Waals surface area contributed by atoms with Crippen LogP contribution in [0.4, 0.5) is 0 Å². The highest BCUT2D eigenvalue weighted by molar-refractivity contribution is 5.74. The summed E-state index contributed by atoms with van der Waals surface area (Å²) in [6, 6.07) is 18.0. The van der Waals surface area contributed by atoms with Gasteiger partial charge in [0.05, 0.1) is 31.5 Å². The van der Waals surface area contributed by atoms with E-state index in [-0.39, 0.29) is 23.1 Å². The largest absolute Gasteiger partial charge is 0.504 e. The van der Waals surface area contributed by atoms with Gasteiger partial charge in [-0.05, 0) is 86.1 Å². The van der Waals surface area contributed by atoms with Crippen LogP contribution in [-0.4, -0.2) is 45.5 Å². The summed E-state index contributed by atoms with van der Waals surface area (Å²) in [6.07, 6.45) is 8.58. The maximum atomic E-state index is 11.3. The number of para-hydroxylation sites is 2. The number of phenolic OH excluding ortho intramolecular Hbond substituents is 2. The number of rotatable bonds is 18. The molecule has 2 N–H and O–H groups in total. The van der Waals surface area contributed by atoms with E-state index in [1.165, 1.54) is 0 Å². The van der Waals surface area contributed by atoms with Crippen LogP contribution in [0.1, 0.15) is 79.1 Å². The van der Waals surface area contributed by atoms with Crippen molar-refractivity contribution in [2.75, 3.05) is 20.3 Å². The minimum Gasteiger partial charge on any atom is -0.504 e. The number of benzene rings is 3. The van der Waals surface area contributed by atoms with Gasteiger partial charge >= 0.3 is 0 Å². The molecule has 0 bridgehead atoms. The maximum absolute atomic E-state index is 11.3. The van der Waals surface area contributed by atoms with Crippen molar-refractivity contribution in [3.8, 4) is 62.9 Å². The molecule has 0 saturated heterocycles. The number of methoxy groups -OCH3 is 1. The van der Waals surface area contributed by atoms with Crippen LogP contribution in [0.3, 0.4) is 0 Å². The molecule has 4 aromatic rings. The fourth-order valence-electron chi connectivity index (χ4n) is 5.63. The Kier molecular flexibility index (Phi) is 13.1. The minimum absolute atomic E-state index is 0.0402. The maximum Gasteiger partial charge on any atom is 0.168 e. The summed E-state index contributed by atoms with van der Waals surface area (Å²) in [5.41, 5.74) is 1.54. The molecule has 0 atom stereocenters. The zero-order chi connectivity index (χ0) is 32.9. The second-order valence-corrected chi connectivity index (χ2v) is 11.7. The van der Waals surface area contributed by atoms with Gasteiger partial charge in [0.2, 0.25) is 0 Å². The molecule has 0 saturated carbocycles. The van der Waals surface area contributed by atoms with Crippen molar-refractivity contribution in [2.24, 2.45) is 11.8 Å². The molecule has 46 heavy (non-hydrogen) atoms. The Labute approximate surface area is 273 Å². The van der Waals surface area contributed by atoms with E-state index in [1.807, 2.05) is 36.4 Å². The molecule has 0 unspecified atom stereocenters. The third-order valence-electron chi connectivity index (χ3n) is 8.80. The molecule has 1 aromatic heterocycles. The summed E-state index contributed by atoms with van der Waals surface area (Å²) in [4.78, 5) is 14.2. The van der Waals surface area contributed by atoms with Gasteiger partial charge in [0, 0.05) is 5.56 Å². The molecule has 0 fully saturated rings. The van der Waals surface area contributed by atoms with Crippen LogP contribution < -0.4 is 14.2 Å². The standard InChI is InChI=1S/C38H49N3O5/c1-6-26(7-2)14-12-24-45-32-18-10-16-30(34(32)42)37-39-36(28-20-22-29(44-5)23-21-28)40-38(41-37)31-17-11-19-33(35(31)43)46-25-13-15-27(8-3)9-4/h10-11,16-23,26-27,42-43H,6-9,12-15,24-25H2,1-5H3. The van der Waals surface area contributed by atoms with Gasteiger partial charge in [0.1, 0.15) is 5.75 Å². The molecule has 0 aliphatic carbocycles. The van der Waals surface area contributed by atoms with Crippen molar-refractivity contribution in [1.82, 2.24) is 15.0 Å². The predicted octanol–water partition coefficient (Wildman–Crippen LogP) is 9.48. The highest BCUT2D eigenvalue weighted by Gasteiger charge is 2.20. The highest BCUT2D eigenvalue weighted by Crippen LogP contribution is 2.40. The van der Waals surface area contributed by atoms with Crippen LogP contribution in [0.25, 0.3) is 34.2 Å². The van der Waals surface area contributed by atoms with Gasteiger partial charge in [0.15, 0.2) is 40.5 Å². The summed E-state index contributed by atoms with van der Waals surface area (Å²) < 4.78 is 17.4. The molecule has 0 radical (unpaired) electrons. The van der Waals surface area contributed by atoms with E-state index in [4.69, 9.17) is 29.2 Å². The first-order valence-corrected chi connectivity index (χ1v) is 16.7. The number of hydrogen-bond acceptors (Lipinski definition) is 8. The Morgan fingerprint density at radius 1 is 0.587 bits per heavy atom. The van der Waals surface area contributed by atoms with Crippen LogP contribution in [0.15, 0.2) is 60.7 Å². The summed E-state index contributed by atoms with van der Waals surface area (Å²) in [5, 5.41) is 22.6. The third-order valence-corrected chi connectivity index (χ3v) is 8.80. The minimum atomic E-state index is -0.0402. The SMILES string of the molecule is CCC(CC)CCCOc1cccc(-c2nc(-c3ccc(OC)cc3)nc(-c3cccc(OCCCC(CC)CC)c3O)n2)c1O. The first-order chi connectivity index (χ1) is 22.4. The summed E-state index contributed by atoms with van der Waals surface area (Å²) in [6.45, 7) is 9.87. The molecule has 1 heterocycles. The van der Waals surface area contributed by atoms with Crippen LogP contribution in [0.2, 0.25) is 0 Å². The Morgan fingerprint density at radius 3 is 1.43 bits per heavy atom. The quantitative estimate of drug-likeness (QED) is 0.105. The van der Waals surface area contributed by atoms with Gasteiger partial charge in [-0.25, -0.2) is 15.0 Å². The summed E-state index contributed by atoms with van der Waals surface area (Å²) in [5.74, 6) is 3.63. The number of phenols is 2. The predicted molar refractivity (Wildman–Crippen MR) is 184 cm³/mol. The lowest BCUT2D eigenvalue weighted by Gasteiger charge is -2.15. The molecule has 0 amide bonds. The number of aromatic hydroxyl groups is 2. The fraction of sp³-hybridized carbons (Fsp3) is 0.447. The van der Waals surface area contributed by atoms with E-state index in [1.54, 1.807) is 31.4 Å². The molecular weight excluding hydrogens is 578 g/mol. The van der Waals surface area contributed by atoms with E-state index in [0.29, 0.717) is 59.2 Å². The first-order valence-electron chi connectivity index (χ1n) is 16.7. The monoisotopic (exact) mass is 627 g/mol. The summed E-state index contributed by atoms with van der Waals surface area (Å²) >= 11 is 0. The van der Waals surface area contributed by atoms with E-state index >= 15 is 0 Å². The van der Waals surface area contributed by atoms with Crippen molar-refractivity contribution in [2.45, 2.75) is 79.1 Å². The zero-order valence-corrected chi connectivity index (χ0v) is 28.0. The lowest BCUT2D eigenvalue weighted by Crippen LogP contribution is -2.04. The molecule has 0 aliphatic rings. The second kappa shape index (κ2) is 17.4. The van der Waals surface area contributed by atoms with Gasteiger partial charge < -0.3 is 24.4 Å². The van der Waals surface area contributed by atoms with Crippen molar-refractivity contribution in [3.63, 3.8) is 0 Å². The van der Waals surface area contributed by atoms with Gasteiger partial charge in [-0.15, -0.1) is 0 Å². The van der Waals surface area contributed by atoms with Gasteiger partial charge in [-0.1, -0.05) is 65.5 Å². The van der Waals surface area contributed by atoms with Crippen molar-refractivity contribution in [1.29, 1.82) is 0 Å². The van der Waals surface area contributed by atoms with Crippen LogP contribution in [0, 0.1) is 11.8 Å². The topological polar surface area (TPSA) is 107 Å². The van der Waals surface area contributed by atoms with E-state index in [0.717, 1.165) is 56.9 Å². The molecule has 246 valence electrons. The first kappa shape index (κ1) is 34.5. The molecule has 0 aliphatic heterocycles. The van der Waals surface area contributed by atoms with Crippen LogP contribution in [0.5, 0.6) is 28.7 Å². The zero-order valence-electron chi connectivity index (χ0n) is 28.0. The van der Waals surface area contributed by atoms with Crippen LogP contribution in [-0.2, 0) is 0 Å². The Hall–Kier alpha value is -4.33. The van der Waals surface area contributed by atoms with Crippen molar-refractivity contribution < 1.29 is 24.4 Å². The van der Waals surface area contributed by atoms with Gasteiger partial charge in [-0.2, -0.15) is 0 Å². The average Bonchev–Trinajstić information content (AvgIpc) is 3.09. The van der Waals surface area contributed by atoms with E-state index in [9.17, 15) is 10.2 Å². The van der Waals surface area contributed by atoms with Gasteiger partial charge in [-0.3, -0.25) is 0 Å². The molecule has 0 spiro atoms. The van der Waals surface area contributed by atoms with Crippen molar-refractivity contribution >= 4 is 0 Å².